The van der Waals surface area contributed by atoms with Gasteiger partial charge in [0, 0.05) is 12.3 Å². The van der Waals surface area contributed by atoms with Crippen molar-refractivity contribution in [2.45, 2.75) is 39.5 Å². The summed E-state index contributed by atoms with van der Waals surface area (Å²) in [7, 11) is 0. The first-order valence-corrected chi connectivity index (χ1v) is 8.81. The van der Waals surface area contributed by atoms with Crippen molar-refractivity contribution in [2.75, 3.05) is 18.0 Å². The van der Waals surface area contributed by atoms with Crippen LogP contribution in [0.25, 0.3) is 0 Å². The van der Waals surface area contributed by atoms with Crippen molar-refractivity contribution in [3.05, 3.63) is 24.3 Å². The average molecular weight is 327 g/mol. The Hall–Kier alpha value is -2.17. The second kappa shape index (κ2) is 7.16. The van der Waals surface area contributed by atoms with Crippen LogP contribution in [0.15, 0.2) is 29.3 Å². The van der Waals surface area contributed by atoms with E-state index >= 15 is 0 Å². The number of carbonyl (C=O) groups is 2. The first-order valence-electron chi connectivity index (χ1n) is 8.81. The van der Waals surface area contributed by atoms with E-state index in [1.54, 1.807) is 4.90 Å². The van der Waals surface area contributed by atoms with Crippen LogP contribution in [0.5, 0.6) is 0 Å². The van der Waals surface area contributed by atoms with Crippen LogP contribution in [0.2, 0.25) is 0 Å². The van der Waals surface area contributed by atoms with Crippen LogP contribution in [0.1, 0.15) is 39.5 Å². The molecule has 1 unspecified atom stereocenters. The number of rotatable bonds is 5. The van der Waals surface area contributed by atoms with Crippen LogP contribution in [0.4, 0.5) is 11.4 Å². The number of nitrogens with zero attached hydrogens (tertiary/aromatic N) is 2. The predicted molar refractivity (Wildman–Crippen MR) is 95.7 cm³/mol. The van der Waals surface area contributed by atoms with Gasteiger partial charge in [0.2, 0.25) is 11.8 Å². The lowest BCUT2D eigenvalue weighted by Gasteiger charge is -2.24. The number of anilines is 1. The van der Waals surface area contributed by atoms with E-state index in [-0.39, 0.29) is 24.3 Å². The van der Waals surface area contributed by atoms with Crippen LogP contribution in [-0.4, -0.2) is 30.6 Å². The SMILES string of the molecule is CC(C)CCNC(=O)CN1C(=O)C2CCCC2=Nc2ccccc21. The Morgan fingerprint density at radius 2 is 2.17 bits per heavy atom. The molecule has 1 N–H and O–H groups in total. The normalized spacial score (nSPS) is 19.6. The van der Waals surface area contributed by atoms with Crippen molar-refractivity contribution < 1.29 is 9.59 Å². The molecule has 2 aliphatic rings. The Labute approximate surface area is 143 Å². The lowest BCUT2D eigenvalue weighted by atomic mass is 10.1. The number of aliphatic imine (C=N–C) groups is 1. The average Bonchev–Trinajstić information content (AvgIpc) is 2.97. The molecule has 0 radical (unpaired) electrons. The van der Waals surface area contributed by atoms with Gasteiger partial charge in [0.1, 0.15) is 6.54 Å². The molecule has 3 rings (SSSR count). The molecule has 0 spiro atoms. The van der Waals surface area contributed by atoms with Gasteiger partial charge in [-0.1, -0.05) is 26.0 Å². The molecule has 2 amide bonds. The third-order valence-electron chi connectivity index (χ3n) is 4.67. The summed E-state index contributed by atoms with van der Waals surface area (Å²) in [5.74, 6) is 0.275. The molecule has 5 heteroatoms. The molecule has 0 aromatic heterocycles. The highest BCUT2D eigenvalue weighted by atomic mass is 16.2. The van der Waals surface area contributed by atoms with Gasteiger partial charge in [-0.2, -0.15) is 0 Å². The van der Waals surface area contributed by atoms with Crippen LogP contribution in [0.3, 0.4) is 0 Å². The van der Waals surface area contributed by atoms with E-state index in [9.17, 15) is 9.59 Å². The molecule has 1 heterocycles. The third-order valence-corrected chi connectivity index (χ3v) is 4.67. The first kappa shape index (κ1) is 16.7. The minimum atomic E-state index is -0.166. The van der Waals surface area contributed by atoms with Crippen molar-refractivity contribution in [1.29, 1.82) is 0 Å². The fourth-order valence-electron chi connectivity index (χ4n) is 3.34. The zero-order valence-corrected chi connectivity index (χ0v) is 14.4. The lowest BCUT2D eigenvalue weighted by Crippen LogP contribution is -2.44. The van der Waals surface area contributed by atoms with Crippen LogP contribution < -0.4 is 10.2 Å². The van der Waals surface area contributed by atoms with Gasteiger partial charge in [0.25, 0.3) is 0 Å². The summed E-state index contributed by atoms with van der Waals surface area (Å²) < 4.78 is 0. The van der Waals surface area contributed by atoms with E-state index in [4.69, 9.17) is 4.99 Å². The van der Waals surface area contributed by atoms with Gasteiger partial charge in [-0.05, 0) is 43.7 Å². The summed E-state index contributed by atoms with van der Waals surface area (Å²) in [6, 6.07) is 7.60. The number of hydrogen-bond donors (Lipinski definition) is 1. The van der Waals surface area contributed by atoms with Gasteiger partial charge in [-0.15, -0.1) is 0 Å². The van der Waals surface area contributed by atoms with Crippen LogP contribution >= 0.6 is 0 Å². The van der Waals surface area contributed by atoms with Crippen molar-refractivity contribution in [3.63, 3.8) is 0 Å². The summed E-state index contributed by atoms with van der Waals surface area (Å²) in [6.45, 7) is 4.96. The summed E-state index contributed by atoms with van der Waals surface area (Å²) in [6.07, 6.45) is 3.63. The number of para-hydroxylation sites is 2. The molecule has 1 atom stereocenters. The van der Waals surface area contributed by atoms with E-state index < -0.39 is 0 Å². The highest BCUT2D eigenvalue weighted by Crippen LogP contribution is 2.37. The first-order chi connectivity index (χ1) is 11.6. The molecule has 5 nitrogen and oxygen atoms in total. The van der Waals surface area contributed by atoms with Crippen molar-refractivity contribution >= 4 is 28.9 Å². The number of carbonyl (C=O) groups excluding carboxylic acids is 2. The molecule has 24 heavy (non-hydrogen) atoms. The van der Waals surface area contributed by atoms with Crippen LogP contribution in [0, 0.1) is 11.8 Å². The minimum absolute atomic E-state index is 0.00945. The fraction of sp³-hybridized carbons (Fsp3) is 0.526. The maximum atomic E-state index is 13.0. The Bertz CT molecular complexity index is 666. The van der Waals surface area contributed by atoms with Gasteiger partial charge in [0.05, 0.1) is 17.3 Å². The quantitative estimate of drug-likeness (QED) is 0.903. The molecule has 128 valence electrons. The number of amides is 2. The van der Waals surface area contributed by atoms with E-state index in [0.29, 0.717) is 12.5 Å². The van der Waals surface area contributed by atoms with Crippen molar-refractivity contribution in [3.8, 4) is 0 Å². The fourth-order valence-corrected chi connectivity index (χ4v) is 3.34. The monoisotopic (exact) mass is 327 g/mol. The number of benzene rings is 1. The molecule has 0 saturated heterocycles. The molecule has 1 aromatic carbocycles. The molecule has 1 aliphatic carbocycles. The van der Waals surface area contributed by atoms with Crippen LogP contribution in [-0.2, 0) is 9.59 Å². The number of nitrogens with one attached hydrogen (secondary N) is 1. The number of hydrogen-bond acceptors (Lipinski definition) is 3. The maximum Gasteiger partial charge on any atom is 0.240 e. The Kier molecular flexibility index (Phi) is 4.97. The van der Waals surface area contributed by atoms with Gasteiger partial charge >= 0.3 is 0 Å². The van der Waals surface area contributed by atoms with E-state index in [1.165, 1.54) is 0 Å². The highest BCUT2D eigenvalue weighted by molar-refractivity contribution is 6.16. The molecular formula is C19H25N3O2. The smallest absolute Gasteiger partial charge is 0.240 e. The maximum absolute atomic E-state index is 13.0. The van der Waals surface area contributed by atoms with Crippen molar-refractivity contribution in [1.82, 2.24) is 5.32 Å². The molecule has 0 bridgehead atoms. The molecule has 1 saturated carbocycles. The van der Waals surface area contributed by atoms with Gasteiger partial charge < -0.3 is 10.2 Å². The standard InChI is InChI=1S/C19H25N3O2/c1-13(2)10-11-20-18(23)12-22-17-9-4-3-7-16(17)21-15-8-5-6-14(15)19(22)24/h3-4,7,9,13-14H,5-6,8,10-12H2,1-2H3,(H,20,23). The Balaban J connectivity index is 1.79. The third kappa shape index (κ3) is 3.50. The van der Waals surface area contributed by atoms with E-state index in [0.717, 1.165) is 42.8 Å². The molecule has 1 aromatic rings. The predicted octanol–water partition coefficient (Wildman–Crippen LogP) is 3.07. The summed E-state index contributed by atoms with van der Waals surface area (Å²) in [5.41, 5.74) is 2.50. The van der Waals surface area contributed by atoms with Gasteiger partial charge in [-0.3, -0.25) is 14.6 Å². The second-order valence-corrected chi connectivity index (χ2v) is 6.99. The Morgan fingerprint density at radius 1 is 1.38 bits per heavy atom. The Morgan fingerprint density at radius 3 is 2.96 bits per heavy atom. The zero-order valence-electron chi connectivity index (χ0n) is 14.4. The van der Waals surface area contributed by atoms with Crippen molar-refractivity contribution in [2.24, 2.45) is 16.8 Å². The number of fused-ring (bicyclic) bond motifs is 2. The lowest BCUT2D eigenvalue weighted by molar-refractivity contribution is -0.124. The van der Waals surface area contributed by atoms with Gasteiger partial charge in [-0.25, -0.2) is 0 Å². The summed E-state index contributed by atoms with van der Waals surface area (Å²) in [5, 5.41) is 2.92. The molecular weight excluding hydrogens is 302 g/mol. The topological polar surface area (TPSA) is 61.8 Å². The minimum Gasteiger partial charge on any atom is -0.355 e. The highest BCUT2D eigenvalue weighted by Gasteiger charge is 2.36. The zero-order chi connectivity index (χ0) is 17.1. The summed E-state index contributed by atoms with van der Waals surface area (Å²) in [4.78, 5) is 31.6. The second-order valence-electron chi connectivity index (χ2n) is 6.99. The molecule has 1 fully saturated rings. The van der Waals surface area contributed by atoms with E-state index in [1.807, 2.05) is 24.3 Å². The summed E-state index contributed by atoms with van der Waals surface area (Å²) >= 11 is 0. The van der Waals surface area contributed by atoms with Gasteiger partial charge in [0.15, 0.2) is 0 Å². The van der Waals surface area contributed by atoms with E-state index in [2.05, 4.69) is 19.2 Å². The largest absolute Gasteiger partial charge is 0.355 e. The molecule has 1 aliphatic heterocycles.